The lowest BCUT2D eigenvalue weighted by Crippen LogP contribution is -2.13. The molecule has 0 unspecified atom stereocenters. The van der Waals surface area contributed by atoms with Crippen LogP contribution in [0.2, 0.25) is 0 Å². The van der Waals surface area contributed by atoms with E-state index < -0.39 is 0 Å². The topological polar surface area (TPSA) is 72.9 Å². The first-order valence-electron chi connectivity index (χ1n) is 9.49. The molecule has 4 rings (SSSR count). The van der Waals surface area contributed by atoms with E-state index in [2.05, 4.69) is 29.9 Å². The highest BCUT2D eigenvalue weighted by atomic mass is 16.1. The summed E-state index contributed by atoms with van der Waals surface area (Å²) >= 11 is 0. The maximum absolute atomic E-state index is 12.5. The summed E-state index contributed by atoms with van der Waals surface area (Å²) in [5.41, 5.74) is 13.8. The molecule has 0 saturated carbocycles. The Balaban J connectivity index is 1.48. The smallest absolute Gasteiger partial charge is 0.255 e. The van der Waals surface area contributed by atoms with E-state index in [1.165, 1.54) is 22.5 Å². The third-order valence-electron chi connectivity index (χ3n) is 5.23. The molecule has 0 bridgehead atoms. The van der Waals surface area contributed by atoms with Crippen LogP contribution in [0.25, 0.3) is 6.08 Å². The molecular formula is C23H24N4O. The lowest BCUT2D eigenvalue weighted by molar-refractivity contribution is 0.102. The molecule has 28 heavy (non-hydrogen) atoms. The van der Waals surface area contributed by atoms with Gasteiger partial charge in [0.25, 0.3) is 5.91 Å². The monoisotopic (exact) mass is 372 g/mol. The van der Waals surface area contributed by atoms with Crippen molar-refractivity contribution in [2.24, 2.45) is 0 Å². The van der Waals surface area contributed by atoms with Crippen molar-refractivity contribution in [2.45, 2.75) is 33.2 Å². The van der Waals surface area contributed by atoms with Crippen LogP contribution >= 0.6 is 0 Å². The molecule has 2 aromatic carbocycles. The van der Waals surface area contributed by atoms with Gasteiger partial charge in [-0.3, -0.25) is 9.48 Å². The summed E-state index contributed by atoms with van der Waals surface area (Å²) in [6, 6.07) is 14.9. The Morgan fingerprint density at radius 3 is 2.61 bits per heavy atom. The number of hydrogen-bond acceptors (Lipinski definition) is 3. The fourth-order valence-electron chi connectivity index (χ4n) is 3.52. The zero-order chi connectivity index (χ0) is 19.7. The number of fused-ring (bicyclic) bond motifs is 1. The van der Waals surface area contributed by atoms with Crippen LogP contribution in [0, 0.1) is 6.92 Å². The Morgan fingerprint density at radius 1 is 1.11 bits per heavy atom. The number of anilines is 2. The van der Waals surface area contributed by atoms with Crippen LogP contribution in [0.3, 0.4) is 0 Å². The number of hydrogen-bond donors (Lipinski definition) is 2. The van der Waals surface area contributed by atoms with Gasteiger partial charge in [-0.05, 0) is 56.5 Å². The first kappa shape index (κ1) is 18.0. The van der Waals surface area contributed by atoms with E-state index in [1.807, 2.05) is 36.4 Å². The second kappa shape index (κ2) is 7.35. The molecule has 1 aliphatic rings. The Labute approximate surface area is 164 Å². The van der Waals surface area contributed by atoms with Gasteiger partial charge in [0.05, 0.1) is 23.6 Å². The van der Waals surface area contributed by atoms with Crippen molar-refractivity contribution in [3.63, 3.8) is 0 Å². The number of carbonyl (C=O) groups excluding carboxylic acids is 1. The number of benzene rings is 2. The predicted octanol–water partition coefficient (Wildman–Crippen LogP) is 4.42. The molecule has 1 amide bonds. The number of amides is 1. The minimum Gasteiger partial charge on any atom is -0.397 e. The van der Waals surface area contributed by atoms with Crippen molar-refractivity contribution in [2.75, 3.05) is 11.1 Å². The number of aryl methyl sites for hydroxylation is 1. The molecule has 1 aliphatic carbocycles. The molecule has 5 nitrogen and oxygen atoms in total. The van der Waals surface area contributed by atoms with Gasteiger partial charge in [-0.2, -0.15) is 5.10 Å². The lowest BCUT2D eigenvalue weighted by Gasteiger charge is -2.09. The third-order valence-corrected chi connectivity index (χ3v) is 5.23. The molecule has 0 atom stereocenters. The van der Waals surface area contributed by atoms with E-state index in [-0.39, 0.29) is 5.91 Å². The van der Waals surface area contributed by atoms with Crippen molar-refractivity contribution < 1.29 is 4.79 Å². The van der Waals surface area contributed by atoms with Crippen LogP contribution in [0.15, 0.2) is 54.1 Å². The summed E-state index contributed by atoms with van der Waals surface area (Å²) in [7, 11) is 0. The summed E-state index contributed by atoms with van der Waals surface area (Å²) < 4.78 is 2.06. The number of nitrogens with zero attached hydrogens (tertiary/aromatic N) is 2. The van der Waals surface area contributed by atoms with Gasteiger partial charge in [0.2, 0.25) is 0 Å². The van der Waals surface area contributed by atoms with Crippen LogP contribution in [-0.2, 0) is 13.0 Å². The summed E-state index contributed by atoms with van der Waals surface area (Å²) in [4.78, 5) is 12.5. The average molecular weight is 372 g/mol. The van der Waals surface area contributed by atoms with E-state index in [0.717, 1.165) is 18.4 Å². The molecule has 0 radical (unpaired) electrons. The van der Waals surface area contributed by atoms with Crippen LogP contribution < -0.4 is 11.1 Å². The van der Waals surface area contributed by atoms with Crippen LogP contribution in [0.4, 0.5) is 11.4 Å². The zero-order valence-corrected chi connectivity index (χ0v) is 16.2. The standard InChI is InChI=1S/C23H24N4O/c1-15-7-12-21-19(13-15)16(2)27(26-21)14-17-8-10-18(11-9-17)23(28)25-22-6-4-3-5-20(22)24/h3-6,8-11,13H,7,12,14,24H2,1-2H3,(H,25,28). The van der Waals surface area contributed by atoms with Crippen molar-refractivity contribution in [1.29, 1.82) is 0 Å². The van der Waals surface area contributed by atoms with Crippen molar-refractivity contribution >= 4 is 23.4 Å². The van der Waals surface area contributed by atoms with Gasteiger partial charge >= 0.3 is 0 Å². The SMILES string of the molecule is CC1=Cc2c(nn(Cc3ccc(C(=O)Nc4ccccc4N)cc3)c2C)CC1. The van der Waals surface area contributed by atoms with E-state index in [4.69, 9.17) is 10.8 Å². The van der Waals surface area contributed by atoms with E-state index in [1.54, 1.807) is 12.1 Å². The number of para-hydroxylation sites is 2. The number of rotatable bonds is 4. The van der Waals surface area contributed by atoms with Crippen LogP contribution in [0.1, 0.15) is 46.2 Å². The van der Waals surface area contributed by atoms with Gasteiger partial charge in [0.15, 0.2) is 0 Å². The third kappa shape index (κ3) is 3.56. The minimum absolute atomic E-state index is 0.171. The van der Waals surface area contributed by atoms with E-state index in [9.17, 15) is 4.79 Å². The molecule has 0 spiro atoms. The van der Waals surface area contributed by atoms with Crippen LogP contribution in [-0.4, -0.2) is 15.7 Å². The van der Waals surface area contributed by atoms with Crippen LogP contribution in [0.5, 0.6) is 0 Å². The number of nitrogens with two attached hydrogens (primary N) is 1. The Kier molecular flexibility index (Phi) is 4.74. The summed E-state index contributed by atoms with van der Waals surface area (Å²) in [6.45, 7) is 4.98. The quantitative estimate of drug-likeness (QED) is 0.666. The molecular weight excluding hydrogens is 348 g/mol. The molecule has 1 heterocycles. The summed E-state index contributed by atoms with van der Waals surface area (Å²) in [6.07, 6.45) is 4.34. The normalized spacial score (nSPS) is 13.0. The minimum atomic E-state index is -0.171. The predicted molar refractivity (Wildman–Crippen MR) is 113 cm³/mol. The highest BCUT2D eigenvalue weighted by Gasteiger charge is 2.17. The molecule has 5 heteroatoms. The Morgan fingerprint density at radius 2 is 1.86 bits per heavy atom. The fourth-order valence-corrected chi connectivity index (χ4v) is 3.52. The second-order valence-corrected chi connectivity index (χ2v) is 7.33. The van der Waals surface area contributed by atoms with E-state index in [0.29, 0.717) is 23.5 Å². The second-order valence-electron chi connectivity index (χ2n) is 7.33. The number of nitrogens with one attached hydrogen (secondary N) is 1. The van der Waals surface area contributed by atoms with Gasteiger partial charge < -0.3 is 11.1 Å². The van der Waals surface area contributed by atoms with E-state index >= 15 is 0 Å². The maximum Gasteiger partial charge on any atom is 0.255 e. The van der Waals surface area contributed by atoms with Crippen molar-refractivity contribution in [3.8, 4) is 0 Å². The highest BCUT2D eigenvalue weighted by Crippen LogP contribution is 2.26. The van der Waals surface area contributed by atoms with Gasteiger partial charge in [0.1, 0.15) is 0 Å². The number of allylic oxidation sites excluding steroid dienone is 1. The number of nitrogen functional groups attached to an aromatic ring is 1. The summed E-state index contributed by atoms with van der Waals surface area (Å²) in [5.74, 6) is -0.171. The fraction of sp³-hybridized carbons (Fsp3) is 0.217. The maximum atomic E-state index is 12.5. The molecule has 3 aromatic rings. The molecule has 0 aliphatic heterocycles. The van der Waals surface area contributed by atoms with Gasteiger partial charge in [-0.1, -0.05) is 35.9 Å². The number of aromatic nitrogens is 2. The zero-order valence-electron chi connectivity index (χ0n) is 16.2. The highest BCUT2D eigenvalue weighted by molar-refractivity contribution is 6.05. The van der Waals surface area contributed by atoms with Gasteiger partial charge in [0, 0.05) is 16.8 Å². The largest absolute Gasteiger partial charge is 0.397 e. The Bertz CT molecular complexity index is 1060. The van der Waals surface area contributed by atoms with Gasteiger partial charge in [-0.25, -0.2) is 0 Å². The molecule has 0 saturated heterocycles. The lowest BCUT2D eigenvalue weighted by atomic mass is 9.97. The Hall–Kier alpha value is -3.34. The molecule has 142 valence electrons. The average Bonchev–Trinajstić information content (AvgIpc) is 2.99. The number of carbonyl (C=O) groups is 1. The van der Waals surface area contributed by atoms with Crippen molar-refractivity contribution in [1.82, 2.24) is 9.78 Å². The summed E-state index contributed by atoms with van der Waals surface area (Å²) in [5, 5.41) is 7.64. The first-order valence-corrected chi connectivity index (χ1v) is 9.49. The van der Waals surface area contributed by atoms with Crippen molar-refractivity contribution in [3.05, 3.63) is 82.2 Å². The molecule has 0 fully saturated rings. The molecule has 1 aromatic heterocycles. The molecule has 3 N–H and O–H groups in total. The first-order chi connectivity index (χ1) is 13.5. The van der Waals surface area contributed by atoms with Gasteiger partial charge in [-0.15, -0.1) is 0 Å².